The van der Waals surface area contributed by atoms with E-state index in [0.29, 0.717) is 36.8 Å². The molecule has 35 heavy (non-hydrogen) atoms. The van der Waals surface area contributed by atoms with Gasteiger partial charge in [-0.15, -0.1) is 0 Å². The van der Waals surface area contributed by atoms with Crippen LogP contribution < -0.4 is 4.74 Å². The molecule has 5 rings (SSSR count). The normalized spacial score (nSPS) is 14.0. The predicted octanol–water partition coefficient (Wildman–Crippen LogP) is 7.86. The van der Waals surface area contributed by atoms with Gasteiger partial charge in [-0.1, -0.05) is 44.2 Å². The molecule has 0 unspecified atom stereocenters. The van der Waals surface area contributed by atoms with Gasteiger partial charge in [0.2, 0.25) is 0 Å². The van der Waals surface area contributed by atoms with Crippen LogP contribution in [0.25, 0.3) is 16.6 Å². The molecule has 1 aliphatic rings. The van der Waals surface area contributed by atoms with Crippen LogP contribution in [0.3, 0.4) is 0 Å². The van der Waals surface area contributed by atoms with Crippen LogP contribution in [0.4, 0.5) is 13.2 Å². The van der Waals surface area contributed by atoms with Gasteiger partial charge in [0, 0.05) is 48.0 Å². The number of aryl methyl sites for hydroxylation is 1. The number of hydrogen-bond donors (Lipinski definition) is 0. The van der Waals surface area contributed by atoms with E-state index in [4.69, 9.17) is 9.47 Å². The summed E-state index contributed by atoms with van der Waals surface area (Å²) in [5.41, 5.74) is 3.90. The Hall–Kier alpha value is -3.25. The van der Waals surface area contributed by atoms with Crippen LogP contribution in [0.15, 0.2) is 60.7 Å². The fourth-order valence-electron chi connectivity index (χ4n) is 4.76. The van der Waals surface area contributed by atoms with Crippen molar-refractivity contribution >= 4 is 10.9 Å². The molecule has 3 aromatic carbocycles. The lowest BCUT2D eigenvalue weighted by Crippen LogP contribution is -2.17. The average Bonchev–Trinajstić information content (AvgIpc) is 3.18. The Balaban J connectivity index is 0.00000141. The molecule has 0 saturated carbocycles. The van der Waals surface area contributed by atoms with Crippen molar-refractivity contribution in [2.75, 3.05) is 13.2 Å². The SMILES string of the molecule is CC.Cc1c(C2CCOCC2)n(-c2ccc(F)c(F)c2)c2cc(F)cc(OCc3ccccc3)c12. The molecule has 0 aliphatic carbocycles. The number of aromatic nitrogens is 1. The molecule has 6 heteroatoms. The van der Waals surface area contributed by atoms with Crippen molar-refractivity contribution in [2.45, 2.75) is 46.1 Å². The Bertz CT molecular complexity index is 1290. The highest BCUT2D eigenvalue weighted by molar-refractivity contribution is 5.93. The maximum atomic E-state index is 14.8. The molecule has 4 aromatic rings. The Morgan fingerprint density at radius 3 is 2.31 bits per heavy atom. The third-order valence-corrected chi connectivity index (χ3v) is 6.29. The number of benzene rings is 3. The number of halogens is 3. The quantitative estimate of drug-likeness (QED) is 0.290. The van der Waals surface area contributed by atoms with Crippen molar-refractivity contribution in [3.05, 3.63) is 94.9 Å². The summed E-state index contributed by atoms with van der Waals surface area (Å²) in [6, 6.07) is 16.3. The summed E-state index contributed by atoms with van der Waals surface area (Å²) in [7, 11) is 0. The first-order valence-electron chi connectivity index (χ1n) is 12.1. The van der Waals surface area contributed by atoms with E-state index in [-0.39, 0.29) is 5.92 Å². The molecule has 0 atom stereocenters. The summed E-state index contributed by atoms with van der Waals surface area (Å²) in [4.78, 5) is 0. The molecule has 0 spiro atoms. The van der Waals surface area contributed by atoms with Crippen molar-refractivity contribution in [1.29, 1.82) is 0 Å². The molecule has 1 saturated heterocycles. The van der Waals surface area contributed by atoms with Crippen LogP contribution in [-0.2, 0) is 11.3 Å². The number of fused-ring (bicyclic) bond motifs is 1. The van der Waals surface area contributed by atoms with Crippen LogP contribution in [0.1, 0.15) is 49.4 Å². The molecule has 1 aliphatic heterocycles. The van der Waals surface area contributed by atoms with Crippen molar-refractivity contribution in [3.8, 4) is 11.4 Å². The predicted molar refractivity (Wildman–Crippen MR) is 133 cm³/mol. The molecule has 184 valence electrons. The van der Waals surface area contributed by atoms with Crippen molar-refractivity contribution < 1.29 is 22.6 Å². The zero-order valence-corrected chi connectivity index (χ0v) is 20.3. The summed E-state index contributed by atoms with van der Waals surface area (Å²) < 4.78 is 56.2. The lowest BCUT2D eigenvalue weighted by molar-refractivity contribution is 0.0841. The molecule has 2 heterocycles. The van der Waals surface area contributed by atoms with Crippen LogP contribution in [0.5, 0.6) is 5.75 Å². The Morgan fingerprint density at radius 2 is 1.63 bits per heavy atom. The summed E-state index contributed by atoms with van der Waals surface area (Å²) >= 11 is 0. The number of nitrogens with zero attached hydrogens (tertiary/aromatic N) is 1. The topological polar surface area (TPSA) is 23.4 Å². The number of rotatable bonds is 5. The van der Waals surface area contributed by atoms with Crippen LogP contribution in [0.2, 0.25) is 0 Å². The van der Waals surface area contributed by atoms with E-state index in [9.17, 15) is 13.2 Å². The molecule has 0 amide bonds. The summed E-state index contributed by atoms with van der Waals surface area (Å²) in [5, 5.41) is 0.776. The molecular formula is C29H30F3NO2. The fourth-order valence-corrected chi connectivity index (χ4v) is 4.76. The smallest absolute Gasteiger partial charge is 0.160 e. The minimum Gasteiger partial charge on any atom is -0.488 e. The lowest BCUT2D eigenvalue weighted by Gasteiger charge is -2.25. The van der Waals surface area contributed by atoms with Gasteiger partial charge < -0.3 is 14.0 Å². The van der Waals surface area contributed by atoms with E-state index in [1.807, 2.05) is 55.7 Å². The maximum absolute atomic E-state index is 14.8. The Morgan fingerprint density at radius 1 is 0.914 bits per heavy atom. The van der Waals surface area contributed by atoms with Gasteiger partial charge in [0.25, 0.3) is 0 Å². The van der Waals surface area contributed by atoms with E-state index in [2.05, 4.69) is 0 Å². The van der Waals surface area contributed by atoms with Gasteiger partial charge in [-0.3, -0.25) is 0 Å². The van der Waals surface area contributed by atoms with E-state index >= 15 is 0 Å². The summed E-state index contributed by atoms with van der Waals surface area (Å²) in [6.45, 7) is 7.52. The van der Waals surface area contributed by atoms with Crippen LogP contribution in [-0.4, -0.2) is 17.8 Å². The second-order valence-corrected chi connectivity index (χ2v) is 8.40. The standard InChI is InChI=1S/C27H24F3NO2.C2H6/c1-17-26-24(13-20(28)14-25(26)33-16-18-5-3-2-4-6-18)31(21-7-8-22(29)23(30)15-21)27(17)19-9-11-32-12-10-19;1-2/h2-8,13-15,19H,9-12,16H2,1H3;1-2H3. The Labute approximate surface area is 204 Å². The molecule has 0 radical (unpaired) electrons. The van der Waals surface area contributed by atoms with Gasteiger partial charge >= 0.3 is 0 Å². The third kappa shape index (κ3) is 5.08. The van der Waals surface area contributed by atoms with Gasteiger partial charge in [0.15, 0.2) is 11.6 Å². The van der Waals surface area contributed by atoms with E-state index in [1.165, 1.54) is 18.2 Å². The number of hydrogen-bond acceptors (Lipinski definition) is 2. The minimum absolute atomic E-state index is 0.143. The van der Waals surface area contributed by atoms with E-state index in [1.54, 1.807) is 0 Å². The van der Waals surface area contributed by atoms with Gasteiger partial charge in [-0.2, -0.15) is 0 Å². The fraction of sp³-hybridized carbons (Fsp3) is 0.310. The van der Waals surface area contributed by atoms with Crippen molar-refractivity contribution in [2.24, 2.45) is 0 Å². The van der Waals surface area contributed by atoms with Gasteiger partial charge in [0.1, 0.15) is 18.2 Å². The first kappa shape index (κ1) is 24.9. The molecular weight excluding hydrogens is 451 g/mol. The second kappa shape index (κ2) is 11.0. The summed E-state index contributed by atoms with van der Waals surface area (Å²) in [6.07, 6.45) is 1.59. The van der Waals surface area contributed by atoms with E-state index < -0.39 is 17.5 Å². The minimum atomic E-state index is -0.943. The molecule has 1 fully saturated rings. The summed E-state index contributed by atoms with van der Waals surface area (Å²) in [5.74, 6) is -1.74. The average molecular weight is 482 g/mol. The third-order valence-electron chi connectivity index (χ3n) is 6.29. The van der Waals surface area contributed by atoms with Crippen LogP contribution in [0, 0.1) is 24.4 Å². The largest absolute Gasteiger partial charge is 0.488 e. The van der Waals surface area contributed by atoms with Crippen molar-refractivity contribution in [1.82, 2.24) is 4.57 Å². The lowest BCUT2D eigenvalue weighted by atomic mass is 9.93. The zero-order chi connectivity index (χ0) is 24.9. The first-order valence-corrected chi connectivity index (χ1v) is 12.1. The molecule has 0 N–H and O–H groups in total. The maximum Gasteiger partial charge on any atom is 0.160 e. The Kier molecular flexibility index (Phi) is 7.81. The van der Waals surface area contributed by atoms with Gasteiger partial charge in [0.05, 0.1) is 5.52 Å². The highest BCUT2D eigenvalue weighted by Crippen LogP contribution is 2.42. The van der Waals surface area contributed by atoms with Crippen molar-refractivity contribution in [3.63, 3.8) is 0 Å². The zero-order valence-electron chi connectivity index (χ0n) is 20.3. The first-order chi connectivity index (χ1) is 17.0. The van der Waals surface area contributed by atoms with Crippen LogP contribution >= 0.6 is 0 Å². The molecule has 1 aromatic heterocycles. The van der Waals surface area contributed by atoms with E-state index in [0.717, 1.165) is 47.2 Å². The monoisotopic (exact) mass is 481 g/mol. The van der Waals surface area contributed by atoms with Gasteiger partial charge in [-0.05, 0) is 49.1 Å². The highest BCUT2D eigenvalue weighted by atomic mass is 19.2. The molecule has 0 bridgehead atoms. The highest BCUT2D eigenvalue weighted by Gasteiger charge is 2.27. The van der Waals surface area contributed by atoms with Gasteiger partial charge in [-0.25, -0.2) is 13.2 Å². The second-order valence-electron chi connectivity index (χ2n) is 8.40. The number of ether oxygens (including phenoxy) is 2. The molecule has 3 nitrogen and oxygen atoms in total.